The van der Waals surface area contributed by atoms with Gasteiger partial charge in [-0.3, -0.25) is 14.5 Å². The van der Waals surface area contributed by atoms with Gasteiger partial charge in [0.05, 0.1) is 4.91 Å². The van der Waals surface area contributed by atoms with Crippen LogP contribution in [0.4, 0.5) is 4.79 Å². The van der Waals surface area contributed by atoms with Gasteiger partial charge in [-0.25, -0.2) is 0 Å². The van der Waals surface area contributed by atoms with Gasteiger partial charge in [-0.1, -0.05) is 6.08 Å². The summed E-state index contributed by atoms with van der Waals surface area (Å²) in [5.41, 5.74) is 0. The second kappa shape index (κ2) is 4.63. The van der Waals surface area contributed by atoms with Gasteiger partial charge in [-0.2, -0.15) is 0 Å². The molecule has 0 radical (unpaired) electrons. The minimum Gasteiger partial charge on any atom is -0.462 e. The van der Waals surface area contributed by atoms with Crippen molar-refractivity contribution in [2.75, 3.05) is 6.54 Å². The van der Waals surface area contributed by atoms with E-state index in [1.807, 2.05) is 6.92 Å². The topological polar surface area (TPSA) is 50.5 Å². The number of carbonyl (C=O) groups is 2. The molecule has 17 heavy (non-hydrogen) atoms. The van der Waals surface area contributed by atoms with E-state index in [1.54, 1.807) is 18.2 Å². The molecule has 0 spiro atoms. The van der Waals surface area contributed by atoms with Gasteiger partial charge in [0.25, 0.3) is 11.1 Å². The van der Waals surface area contributed by atoms with Crippen LogP contribution in [-0.2, 0) is 4.79 Å². The molecule has 2 heterocycles. The van der Waals surface area contributed by atoms with Crippen LogP contribution in [0.5, 0.6) is 0 Å². The summed E-state index contributed by atoms with van der Waals surface area (Å²) in [6.07, 6.45) is 3.11. The van der Waals surface area contributed by atoms with E-state index in [0.717, 1.165) is 22.4 Å². The molecule has 4 nitrogen and oxygen atoms in total. The van der Waals surface area contributed by atoms with Crippen molar-refractivity contribution in [3.8, 4) is 0 Å². The molecule has 1 fully saturated rings. The molecule has 5 heteroatoms. The summed E-state index contributed by atoms with van der Waals surface area (Å²) in [6.45, 7) is 5.57. The Hall–Kier alpha value is -1.75. The van der Waals surface area contributed by atoms with E-state index in [0.29, 0.717) is 10.7 Å². The van der Waals surface area contributed by atoms with Gasteiger partial charge in [0.2, 0.25) is 0 Å². The molecule has 0 bridgehead atoms. The predicted molar refractivity (Wildman–Crippen MR) is 66.3 cm³/mol. The highest BCUT2D eigenvalue weighted by atomic mass is 32.2. The summed E-state index contributed by atoms with van der Waals surface area (Å²) in [5.74, 6) is 1.04. The van der Waals surface area contributed by atoms with Crippen molar-refractivity contribution < 1.29 is 14.0 Å². The second-order valence-electron chi connectivity index (χ2n) is 3.53. The van der Waals surface area contributed by atoms with E-state index in [1.165, 1.54) is 6.08 Å². The Balaban J connectivity index is 2.24. The Morgan fingerprint density at radius 1 is 1.47 bits per heavy atom. The van der Waals surface area contributed by atoms with Crippen LogP contribution in [0.25, 0.3) is 6.08 Å². The molecule has 2 amide bonds. The highest BCUT2D eigenvalue weighted by Gasteiger charge is 2.34. The first-order valence-electron chi connectivity index (χ1n) is 5.04. The molecule has 1 aromatic heterocycles. The molecule has 1 saturated heterocycles. The number of rotatable bonds is 3. The third kappa shape index (κ3) is 2.34. The van der Waals surface area contributed by atoms with Gasteiger partial charge in [-0.15, -0.1) is 6.58 Å². The molecule has 2 rings (SSSR count). The number of aryl methyl sites for hydroxylation is 1. The molecular weight excluding hydrogens is 238 g/mol. The average molecular weight is 249 g/mol. The molecule has 0 saturated carbocycles. The maximum atomic E-state index is 11.8. The molecule has 0 aliphatic carbocycles. The Morgan fingerprint density at radius 3 is 2.82 bits per heavy atom. The SMILES string of the molecule is C=CCN1C(=O)S/C(=C\c2ccc(C)o2)C1=O. The number of hydrogen-bond acceptors (Lipinski definition) is 4. The van der Waals surface area contributed by atoms with Crippen molar-refractivity contribution in [3.05, 3.63) is 41.2 Å². The molecule has 0 N–H and O–H groups in total. The summed E-state index contributed by atoms with van der Waals surface area (Å²) in [6, 6.07) is 3.57. The third-order valence-electron chi connectivity index (χ3n) is 2.22. The quantitative estimate of drug-likeness (QED) is 0.610. The van der Waals surface area contributed by atoms with Crippen molar-refractivity contribution in [1.82, 2.24) is 4.90 Å². The van der Waals surface area contributed by atoms with Gasteiger partial charge in [0.15, 0.2) is 0 Å². The fraction of sp³-hybridized carbons (Fsp3) is 0.167. The van der Waals surface area contributed by atoms with Crippen molar-refractivity contribution in [1.29, 1.82) is 0 Å². The monoisotopic (exact) mass is 249 g/mol. The van der Waals surface area contributed by atoms with Gasteiger partial charge in [0, 0.05) is 12.6 Å². The molecule has 0 aromatic carbocycles. The Kier molecular flexibility index (Phi) is 3.19. The highest BCUT2D eigenvalue weighted by molar-refractivity contribution is 8.18. The van der Waals surface area contributed by atoms with Gasteiger partial charge < -0.3 is 4.42 Å². The maximum absolute atomic E-state index is 11.8. The zero-order valence-electron chi connectivity index (χ0n) is 9.30. The van der Waals surface area contributed by atoms with Crippen molar-refractivity contribution >= 4 is 29.0 Å². The first-order chi connectivity index (χ1) is 8.11. The van der Waals surface area contributed by atoms with Crippen molar-refractivity contribution in [2.24, 2.45) is 0 Å². The molecule has 0 unspecified atom stereocenters. The van der Waals surface area contributed by atoms with E-state index in [4.69, 9.17) is 4.42 Å². The largest absolute Gasteiger partial charge is 0.462 e. The Morgan fingerprint density at radius 2 is 2.24 bits per heavy atom. The van der Waals surface area contributed by atoms with E-state index >= 15 is 0 Å². The molecule has 88 valence electrons. The first kappa shape index (κ1) is 11.7. The van der Waals surface area contributed by atoms with Crippen molar-refractivity contribution in [3.63, 3.8) is 0 Å². The third-order valence-corrected chi connectivity index (χ3v) is 3.13. The summed E-state index contributed by atoms with van der Waals surface area (Å²) in [5, 5.41) is -0.274. The normalized spacial score (nSPS) is 18.2. The minimum atomic E-state index is -0.297. The lowest BCUT2D eigenvalue weighted by molar-refractivity contribution is -0.122. The van der Waals surface area contributed by atoms with Crippen LogP contribution in [0.3, 0.4) is 0 Å². The number of imide groups is 1. The van der Waals surface area contributed by atoms with Gasteiger partial charge in [0.1, 0.15) is 11.5 Å². The fourth-order valence-corrected chi connectivity index (χ4v) is 2.28. The molecule has 0 atom stereocenters. The number of carbonyl (C=O) groups excluding carboxylic acids is 2. The van der Waals surface area contributed by atoms with E-state index < -0.39 is 0 Å². The summed E-state index contributed by atoms with van der Waals surface area (Å²) >= 11 is 0.917. The van der Waals surface area contributed by atoms with Gasteiger partial charge >= 0.3 is 0 Å². The Labute approximate surface area is 103 Å². The lowest BCUT2D eigenvalue weighted by Gasteiger charge is -2.07. The fourth-order valence-electron chi connectivity index (χ4n) is 1.45. The number of hydrogen-bond donors (Lipinski definition) is 0. The number of thioether (sulfide) groups is 1. The number of furan rings is 1. The van der Waals surface area contributed by atoms with Crippen LogP contribution < -0.4 is 0 Å². The van der Waals surface area contributed by atoms with Crippen LogP contribution in [-0.4, -0.2) is 22.6 Å². The molecular formula is C12H11NO3S. The standard InChI is InChI=1S/C12H11NO3S/c1-3-6-13-11(14)10(17-12(13)15)7-9-5-4-8(2)16-9/h3-5,7H,1,6H2,2H3/b10-7-. The van der Waals surface area contributed by atoms with E-state index in [2.05, 4.69) is 6.58 Å². The lowest BCUT2D eigenvalue weighted by Crippen LogP contribution is -2.27. The molecule has 1 aliphatic rings. The average Bonchev–Trinajstić information content (AvgIpc) is 2.79. The Bertz CT molecular complexity index is 516. The van der Waals surface area contributed by atoms with Crippen LogP contribution in [0.1, 0.15) is 11.5 Å². The van der Waals surface area contributed by atoms with Crippen LogP contribution in [0.2, 0.25) is 0 Å². The summed E-state index contributed by atoms with van der Waals surface area (Å²) in [7, 11) is 0. The highest BCUT2D eigenvalue weighted by Crippen LogP contribution is 2.32. The smallest absolute Gasteiger partial charge is 0.293 e. The van der Waals surface area contributed by atoms with Crippen LogP contribution >= 0.6 is 11.8 Å². The lowest BCUT2D eigenvalue weighted by atomic mass is 10.3. The zero-order chi connectivity index (χ0) is 12.4. The zero-order valence-corrected chi connectivity index (χ0v) is 10.1. The summed E-state index contributed by atoms with van der Waals surface area (Å²) in [4.78, 5) is 24.9. The molecule has 1 aliphatic heterocycles. The van der Waals surface area contributed by atoms with Crippen LogP contribution in [0, 0.1) is 6.92 Å². The van der Waals surface area contributed by atoms with Gasteiger partial charge in [-0.05, 0) is 30.8 Å². The van der Waals surface area contributed by atoms with E-state index in [-0.39, 0.29) is 17.7 Å². The van der Waals surface area contributed by atoms with Crippen LogP contribution in [0.15, 0.2) is 34.1 Å². The predicted octanol–water partition coefficient (Wildman–Crippen LogP) is 2.81. The maximum Gasteiger partial charge on any atom is 0.293 e. The van der Waals surface area contributed by atoms with Crippen molar-refractivity contribution in [2.45, 2.75) is 6.92 Å². The second-order valence-corrected chi connectivity index (χ2v) is 4.52. The number of amides is 2. The molecule has 1 aromatic rings. The summed E-state index contributed by atoms with van der Waals surface area (Å²) < 4.78 is 5.33. The number of nitrogens with zero attached hydrogens (tertiary/aromatic N) is 1. The van der Waals surface area contributed by atoms with E-state index in [9.17, 15) is 9.59 Å². The minimum absolute atomic E-state index is 0.235. The first-order valence-corrected chi connectivity index (χ1v) is 5.86.